The van der Waals surface area contributed by atoms with Crippen LogP contribution in [0.2, 0.25) is 5.02 Å². The highest BCUT2D eigenvalue weighted by atomic mass is 35.5. The quantitative estimate of drug-likeness (QED) is 0.588. The normalized spacial score (nSPS) is 11.7. The fraction of sp³-hybridized carbons (Fsp3) is 0.118. The minimum atomic E-state index is -4.58. The number of benzene rings is 1. The molecule has 0 saturated heterocycles. The number of rotatable bonds is 2. The molecule has 0 bridgehead atoms. The summed E-state index contributed by atoms with van der Waals surface area (Å²) in [4.78, 5) is 13.5. The Morgan fingerprint density at radius 2 is 1.83 bits per heavy atom. The molecule has 0 aliphatic carbocycles. The van der Waals surface area contributed by atoms with Crippen molar-refractivity contribution in [1.82, 2.24) is 4.57 Å². The highest BCUT2D eigenvalue weighted by molar-refractivity contribution is 7.13. The van der Waals surface area contributed by atoms with Gasteiger partial charge in [0.15, 0.2) is 5.43 Å². The molecule has 2 heterocycles. The zero-order chi connectivity index (χ0) is 17.5. The number of alkyl halides is 3. The number of hydrogen-bond donors (Lipinski definition) is 0. The average Bonchev–Trinajstić information content (AvgIpc) is 3.03. The fourth-order valence-corrected chi connectivity index (χ4v) is 3.39. The van der Waals surface area contributed by atoms with Crippen LogP contribution < -0.4 is 5.43 Å². The summed E-state index contributed by atoms with van der Waals surface area (Å²) in [5, 5.41) is 1.45. The summed E-state index contributed by atoms with van der Waals surface area (Å²) in [6.07, 6.45) is -1.40. The van der Waals surface area contributed by atoms with Gasteiger partial charge in [0.2, 0.25) is 0 Å². The van der Waals surface area contributed by atoms with Crippen molar-refractivity contribution < 1.29 is 13.2 Å². The Kier molecular flexibility index (Phi) is 4.27. The van der Waals surface area contributed by atoms with Crippen LogP contribution in [0.4, 0.5) is 13.2 Å². The van der Waals surface area contributed by atoms with Crippen molar-refractivity contribution in [3.05, 3.63) is 68.9 Å². The van der Waals surface area contributed by atoms with Gasteiger partial charge in [0.1, 0.15) is 0 Å². The van der Waals surface area contributed by atoms with Crippen molar-refractivity contribution in [3.63, 3.8) is 0 Å². The van der Waals surface area contributed by atoms with E-state index in [1.54, 1.807) is 23.9 Å². The van der Waals surface area contributed by atoms with Gasteiger partial charge in [-0.25, -0.2) is 0 Å². The van der Waals surface area contributed by atoms with E-state index in [4.69, 9.17) is 11.6 Å². The maximum absolute atomic E-state index is 13.1. The molecule has 0 unspecified atom stereocenters. The molecule has 0 spiro atoms. The van der Waals surface area contributed by atoms with Gasteiger partial charge in [-0.1, -0.05) is 23.7 Å². The molecule has 0 fully saturated rings. The average molecular weight is 370 g/mol. The predicted octanol–water partition coefficient (Wildman–Crippen LogP) is 5.45. The largest absolute Gasteiger partial charge is 0.417 e. The second-order valence-corrected chi connectivity index (χ2v) is 6.60. The molecule has 0 radical (unpaired) electrons. The summed E-state index contributed by atoms with van der Waals surface area (Å²) in [7, 11) is 1.72. The summed E-state index contributed by atoms with van der Waals surface area (Å²) >= 11 is 7.05. The third-order valence-corrected chi connectivity index (χ3v) is 4.76. The molecule has 2 aromatic heterocycles. The van der Waals surface area contributed by atoms with E-state index in [0.29, 0.717) is 5.56 Å². The van der Waals surface area contributed by atoms with Gasteiger partial charge in [-0.3, -0.25) is 4.79 Å². The molecule has 24 heavy (non-hydrogen) atoms. The zero-order valence-corrected chi connectivity index (χ0v) is 14.0. The van der Waals surface area contributed by atoms with Crippen LogP contribution in [0.5, 0.6) is 0 Å². The van der Waals surface area contributed by atoms with Gasteiger partial charge in [0, 0.05) is 29.9 Å². The van der Waals surface area contributed by atoms with Crippen LogP contribution in [0.25, 0.3) is 21.6 Å². The first-order chi connectivity index (χ1) is 11.3. The molecule has 0 N–H and O–H groups in total. The molecule has 3 aromatic rings. The van der Waals surface area contributed by atoms with Gasteiger partial charge in [-0.05, 0) is 29.1 Å². The lowest BCUT2D eigenvalue weighted by atomic mass is 10.0. The van der Waals surface area contributed by atoms with Gasteiger partial charge < -0.3 is 4.57 Å². The number of halogens is 4. The lowest BCUT2D eigenvalue weighted by molar-refractivity contribution is -0.137. The van der Waals surface area contributed by atoms with Crippen molar-refractivity contribution in [1.29, 1.82) is 0 Å². The summed E-state index contributed by atoms with van der Waals surface area (Å²) in [5.41, 5.74) is -0.430. The summed E-state index contributed by atoms with van der Waals surface area (Å²) in [6.45, 7) is 0. The first-order valence-corrected chi connectivity index (χ1v) is 8.14. The van der Waals surface area contributed by atoms with Crippen molar-refractivity contribution in [3.8, 4) is 21.6 Å². The highest BCUT2D eigenvalue weighted by Crippen LogP contribution is 2.37. The van der Waals surface area contributed by atoms with Gasteiger partial charge in [0.05, 0.1) is 16.1 Å². The minimum absolute atomic E-state index is 0.186. The fourth-order valence-electron chi connectivity index (χ4n) is 2.43. The van der Waals surface area contributed by atoms with Crippen molar-refractivity contribution >= 4 is 22.9 Å². The van der Waals surface area contributed by atoms with Crippen LogP contribution in [0, 0.1) is 0 Å². The van der Waals surface area contributed by atoms with Gasteiger partial charge in [0.25, 0.3) is 0 Å². The molecule has 2 nitrogen and oxygen atoms in total. The number of pyridine rings is 1. The van der Waals surface area contributed by atoms with Crippen LogP contribution in [-0.2, 0) is 13.2 Å². The maximum atomic E-state index is 13.1. The predicted molar refractivity (Wildman–Crippen MR) is 90.4 cm³/mol. The van der Waals surface area contributed by atoms with Gasteiger partial charge in [-0.15, -0.1) is 11.3 Å². The molecule has 1 aromatic carbocycles. The molecule has 0 aliphatic heterocycles. The molecule has 7 heteroatoms. The van der Waals surface area contributed by atoms with E-state index in [1.807, 2.05) is 11.4 Å². The molecule has 0 aliphatic rings. The number of aryl methyl sites for hydroxylation is 1. The Bertz CT molecular complexity index is 945. The second kappa shape index (κ2) is 6.11. The smallest absolute Gasteiger partial charge is 0.356 e. The number of thiophene rings is 1. The third-order valence-electron chi connectivity index (χ3n) is 3.52. The lowest BCUT2D eigenvalue weighted by Crippen LogP contribution is -2.12. The van der Waals surface area contributed by atoms with Crippen molar-refractivity contribution in [2.45, 2.75) is 6.18 Å². The van der Waals surface area contributed by atoms with E-state index < -0.39 is 16.8 Å². The second-order valence-electron chi connectivity index (χ2n) is 5.25. The number of hydrogen-bond acceptors (Lipinski definition) is 2. The molecule has 0 amide bonds. The lowest BCUT2D eigenvalue weighted by Gasteiger charge is -2.12. The van der Waals surface area contributed by atoms with Crippen LogP contribution in [0.1, 0.15) is 5.56 Å². The standard InChI is InChI=1S/C17H11ClF3NOS/c1-22-8-11(16(23)12(9-22)15-3-2-6-24-15)10-4-5-14(18)13(7-10)17(19,20)21/h2-9H,1H3. The van der Waals surface area contributed by atoms with E-state index >= 15 is 0 Å². The highest BCUT2D eigenvalue weighted by Gasteiger charge is 2.33. The van der Waals surface area contributed by atoms with Crippen LogP contribution in [-0.4, -0.2) is 4.57 Å². The topological polar surface area (TPSA) is 22.0 Å². The zero-order valence-electron chi connectivity index (χ0n) is 12.4. The molecular formula is C17H11ClF3NOS. The molecular weight excluding hydrogens is 359 g/mol. The van der Waals surface area contributed by atoms with Crippen molar-refractivity contribution in [2.75, 3.05) is 0 Å². The van der Waals surface area contributed by atoms with Crippen LogP contribution in [0.15, 0.2) is 52.9 Å². The van der Waals surface area contributed by atoms with Crippen LogP contribution in [0.3, 0.4) is 0 Å². The Morgan fingerprint density at radius 1 is 1.12 bits per heavy atom. The molecule has 124 valence electrons. The first-order valence-electron chi connectivity index (χ1n) is 6.88. The van der Waals surface area contributed by atoms with Gasteiger partial charge in [-0.2, -0.15) is 13.2 Å². The van der Waals surface area contributed by atoms with E-state index in [2.05, 4.69) is 0 Å². The molecule has 0 atom stereocenters. The van der Waals surface area contributed by atoms with Crippen LogP contribution >= 0.6 is 22.9 Å². The SMILES string of the molecule is Cn1cc(-c2ccc(Cl)c(C(F)(F)F)c2)c(=O)c(-c2cccs2)c1. The number of aromatic nitrogens is 1. The van der Waals surface area contributed by atoms with Crippen molar-refractivity contribution in [2.24, 2.45) is 7.05 Å². The maximum Gasteiger partial charge on any atom is 0.417 e. The molecule has 3 rings (SSSR count). The Labute approximate surface area is 144 Å². The first kappa shape index (κ1) is 16.8. The van der Waals surface area contributed by atoms with Gasteiger partial charge >= 0.3 is 6.18 Å². The van der Waals surface area contributed by atoms with E-state index in [1.165, 1.54) is 23.6 Å². The summed E-state index contributed by atoms with van der Waals surface area (Å²) < 4.78 is 40.8. The Morgan fingerprint density at radius 3 is 2.46 bits per heavy atom. The monoisotopic (exact) mass is 369 g/mol. The summed E-state index contributed by atoms with van der Waals surface area (Å²) in [5.74, 6) is 0. The summed E-state index contributed by atoms with van der Waals surface area (Å²) in [6, 6.07) is 7.12. The Hall–Kier alpha value is -2.05. The van der Waals surface area contributed by atoms with E-state index in [9.17, 15) is 18.0 Å². The number of nitrogens with zero attached hydrogens (tertiary/aromatic N) is 1. The third kappa shape index (κ3) is 3.12. The molecule has 0 saturated carbocycles. The minimum Gasteiger partial charge on any atom is -0.356 e. The Balaban J connectivity index is 2.23. The van der Waals surface area contributed by atoms with E-state index in [-0.39, 0.29) is 16.6 Å². The van der Waals surface area contributed by atoms with E-state index in [0.717, 1.165) is 17.0 Å².